The van der Waals surface area contributed by atoms with Crippen LogP contribution in [0.3, 0.4) is 0 Å². The number of fused-ring (bicyclic) bond motifs is 1. The standard InChI is InChI=1S/C15H11FN2O3/c16-9-3-5-10(6-4-9)17-14(20)11-8-13(19)15(21)18-7-1-2-12(11)18/h1,3-8,19H,2H2,(H,17,20). The van der Waals surface area contributed by atoms with E-state index >= 15 is 0 Å². The minimum absolute atomic E-state index is 0.210. The van der Waals surface area contributed by atoms with Crippen molar-refractivity contribution in [3.05, 3.63) is 63.8 Å². The van der Waals surface area contributed by atoms with Crippen molar-refractivity contribution in [3.63, 3.8) is 0 Å². The third-order valence-corrected chi connectivity index (χ3v) is 3.23. The van der Waals surface area contributed by atoms with Gasteiger partial charge in [-0.3, -0.25) is 14.2 Å². The van der Waals surface area contributed by atoms with Gasteiger partial charge in [-0.25, -0.2) is 4.39 Å². The Morgan fingerprint density at radius 3 is 2.71 bits per heavy atom. The molecule has 0 unspecified atom stereocenters. The van der Waals surface area contributed by atoms with Gasteiger partial charge < -0.3 is 10.4 Å². The molecule has 0 atom stereocenters. The lowest BCUT2D eigenvalue weighted by Gasteiger charge is -2.11. The molecule has 0 bridgehead atoms. The molecule has 1 amide bonds. The summed E-state index contributed by atoms with van der Waals surface area (Å²) < 4.78 is 14.1. The van der Waals surface area contributed by atoms with Crippen LogP contribution in [0.4, 0.5) is 10.1 Å². The highest BCUT2D eigenvalue weighted by Crippen LogP contribution is 2.20. The molecule has 0 aliphatic carbocycles. The fraction of sp³-hybridized carbons (Fsp3) is 0.0667. The average molecular weight is 286 g/mol. The molecule has 0 radical (unpaired) electrons. The number of aromatic nitrogens is 1. The number of rotatable bonds is 2. The maximum Gasteiger partial charge on any atom is 0.296 e. The number of aromatic hydroxyl groups is 1. The van der Waals surface area contributed by atoms with Gasteiger partial charge in [0.1, 0.15) is 5.82 Å². The van der Waals surface area contributed by atoms with Gasteiger partial charge in [-0.15, -0.1) is 0 Å². The van der Waals surface area contributed by atoms with Crippen molar-refractivity contribution in [3.8, 4) is 5.75 Å². The monoisotopic (exact) mass is 286 g/mol. The first-order valence-corrected chi connectivity index (χ1v) is 6.27. The number of nitrogens with one attached hydrogen (secondary N) is 1. The third-order valence-electron chi connectivity index (χ3n) is 3.23. The topological polar surface area (TPSA) is 71.3 Å². The fourth-order valence-corrected chi connectivity index (χ4v) is 2.22. The van der Waals surface area contributed by atoms with Crippen LogP contribution in [-0.4, -0.2) is 15.6 Å². The van der Waals surface area contributed by atoms with Crippen molar-refractivity contribution >= 4 is 17.8 Å². The summed E-state index contributed by atoms with van der Waals surface area (Å²) in [7, 11) is 0. The summed E-state index contributed by atoms with van der Waals surface area (Å²) in [6.45, 7) is 0. The Kier molecular flexibility index (Phi) is 3.06. The number of amides is 1. The highest BCUT2D eigenvalue weighted by Gasteiger charge is 2.20. The van der Waals surface area contributed by atoms with Crippen molar-refractivity contribution in [1.82, 2.24) is 4.57 Å². The molecule has 1 aromatic carbocycles. The van der Waals surface area contributed by atoms with Crippen LogP contribution >= 0.6 is 0 Å². The largest absolute Gasteiger partial charge is 0.503 e. The second-order valence-electron chi connectivity index (χ2n) is 4.62. The SMILES string of the molecule is O=C(Nc1ccc(F)cc1)c1cc(O)c(=O)n2c1CC=C2. The minimum atomic E-state index is -0.558. The van der Waals surface area contributed by atoms with Gasteiger partial charge in [0.15, 0.2) is 5.75 Å². The third kappa shape index (κ3) is 2.31. The molecule has 0 spiro atoms. The molecule has 6 heteroatoms. The molecule has 1 aromatic heterocycles. The van der Waals surface area contributed by atoms with E-state index in [2.05, 4.69) is 5.32 Å². The van der Waals surface area contributed by atoms with Crippen LogP contribution in [-0.2, 0) is 6.42 Å². The van der Waals surface area contributed by atoms with Crippen LogP contribution in [0.25, 0.3) is 6.20 Å². The second kappa shape index (κ2) is 4.90. The van der Waals surface area contributed by atoms with E-state index in [0.717, 1.165) is 6.07 Å². The number of carbonyl (C=O) groups excluding carboxylic acids is 1. The van der Waals surface area contributed by atoms with E-state index < -0.39 is 23.0 Å². The lowest BCUT2D eigenvalue weighted by Crippen LogP contribution is -2.22. The summed E-state index contributed by atoms with van der Waals surface area (Å²) >= 11 is 0. The Bertz CT molecular complexity index is 807. The van der Waals surface area contributed by atoms with Gasteiger partial charge in [0, 0.05) is 30.1 Å². The highest BCUT2D eigenvalue weighted by atomic mass is 19.1. The van der Waals surface area contributed by atoms with Gasteiger partial charge in [0.25, 0.3) is 11.5 Å². The van der Waals surface area contributed by atoms with Crippen LogP contribution in [0.15, 0.2) is 41.2 Å². The summed E-state index contributed by atoms with van der Waals surface area (Å²) in [6, 6.07) is 6.48. The molecular formula is C15H11FN2O3. The normalized spacial score (nSPS) is 12.2. The quantitative estimate of drug-likeness (QED) is 0.886. The smallest absolute Gasteiger partial charge is 0.296 e. The Balaban J connectivity index is 1.96. The number of hydrogen-bond acceptors (Lipinski definition) is 3. The number of nitrogens with zero attached hydrogens (tertiary/aromatic N) is 1. The van der Waals surface area contributed by atoms with Gasteiger partial charge in [-0.05, 0) is 24.3 Å². The molecule has 21 heavy (non-hydrogen) atoms. The number of halogens is 1. The predicted molar refractivity (Wildman–Crippen MR) is 75.8 cm³/mol. The Morgan fingerprint density at radius 1 is 1.29 bits per heavy atom. The van der Waals surface area contributed by atoms with Crippen LogP contribution in [0.5, 0.6) is 5.75 Å². The molecule has 3 rings (SSSR count). The van der Waals surface area contributed by atoms with Gasteiger partial charge in [0.2, 0.25) is 0 Å². The first-order valence-electron chi connectivity index (χ1n) is 6.27. The fourth-order valence-electron chi connectivity index (χ4n) is 2.22. The molecule has 106 valence electrons. The van der Waals surface area contributed by atoms with E-state index in [4.69, 9.17) is 0 Å². The summed E-state index contributed by atoms with van der Waals surface area (Å²) in [4.78, 5) is 24.0. The van der Waals surface area contributed by atoms with E-state index in [1.165, 1.54) is 35.0 Å². The van der Waals surface area contributed by atoms with Gasteiger partial charge in [-0.1, -0.05) is 6.08 Å². The number of allylic oxidation sites excluding steroid dienone is 1. The van der Waals surface area contributed by atoms with E-state index in [-0.39, 0.29) is 5.56 Å². The zero-order chi connectivity index (χ0) is 15.0. The summed E-state index contributed by atoms with van der Waals surface area (Å²) in [6.07, 6.45) is 3.68. The number of benzene rings is 1. The number of carbonyl (C=O) groups is 1. The maximum atomic E-state index is 12.8. The Hall–Kier alpha value is -2.89. The summed E-state index contributed by atoms with van der Waals surface area (Å²) in [5.41, 5.74) is 0.590. The number of hydrogen-bond donors (Lipinski definition) is 2. The van der Waals surface area contributed by atoms with Crippen LogP contribution < -0.4 is 10.9 Å². The lowest BCUT2D eigenvalue weighted by atomic mass is 10.1. The predicted octanol–water partition coefficient (Wildman–Crippen LogP) is 1.97. The summed E-state index contributed by atoms with van der Waals surface area (Å²) in [5, 5.41) is 12.2. The van der Waals surface area contributed by atoms with Gasteiger partial charge >= 0.3 is 0 Å². The van der Waals surface area contributed by atoms with E-state index in [0.29, 0.717) is 17.8 Å². The van der Waals surface area contributed by atoms with Crippen LogP contribution in [0.2, 0.25) is 0 Å². The summed E-state index contributed by atoms with van der Waals surface area (Å²) in [5.74, 6) is -1.36. The van der Waals surface area contributed by atoms with E-state index in [1.54, 1.807) is 6.08 Å². The van der Waals surface area contributed by atoms with E-state index in [1.807, 2.05) is 0 Å². The average Bonchev–Trinajstić information content (AvgIpc) is 2.95. The lowest BCUT2D eigenvalue weighted by molar-refractivity contribution is 0.102. The van der Waals surface area contributed by atoms with Gasteiger partial charge in [-0.2, -0.15) is 0 Å². The molecule has 2 heterocycles. The molecule has 0 fully saturated rings. The van der Waals surface area contributed by atoms with Crippen molar-refractivity contribution in [1.29, 1.82) is 0 Å². The molecule has 5 nitrogen and oxygen atoms in total. The first-order chi connectivity index (χ1) is 10.1. The molecule has 2 aromatic rings. The van der Waals surface area contributed by atoms with Crippen molar-refractivity contribution in [2.24, 2.45) is 0 Å². The molecule has 0 saturated heterocycles. The molecule has 1 aliphatic rings. The molecule has 2 N–H and O–H groups in total. The van der Waals surface area contributed by atoms with Gasteiger partial charge in [0.05, 0.1) is 5.56 Å². The second-order valence-corrected chi connectivity index (χ2v) is 4.62. The minimum Gasteiger partial charge on any atom is -0.503 e. The van der Waals surface area contributed by atoms with Crippen molar-refractivity contribution in [2.45, 2.75) is 6.42 Å². The van der Waals surface area contributed by atoms with Crippen LogP contribution in [0, 0.1) is 5.82 Å². The van der Waals surface area contributed by atoms with Crippen molar-refractivity contribution in [2.75, 3.05) is 5.32 Å². The molecule has 1 aliphatic heterocycles. The molecular weight excluding hydrogens is 275 g/mol. The molecule has 0 saturated carbocycles. The maximum absolute atomic E-state index is 12.8. The first kappa shape index (κ1) is 13.1. The van der Waals surface area contributed by atoms with E-state index in [9.17, 15) is 19.1 Å². The van der Waals surface area contributed by atoms with Crippen LogP contribution in [0.1, 0.15) is 16.1 Å². The van der Waals surface area contributed by atoms with Crippen molar-refractivity contribution < 1.29 is 14.3 Å². The zero-order valence-corrected chi connectivity index (χ0v) is 10.8. The zero-order valence-electron chi connectivity index (χ0n) is 10.8. The Labute approximate surface area is 119 Å². The highest BCUT2D eigenvalue weighted by molar-refractivity contribution is 6.05. The Morgan fingerprint density at radius 2 is 2.00 bits per heavy atom. The number of anilines is 1. The number of pyridine rings is 1.